The number of nitrogens with zero attached hydrogens (tertiary/aromatic N) is 3. The molecule has 2 aromatic heterocycles. The number of ether oxygens (including phenoxy) is 2. The Kier molecular flexibility index (Phi) is 11.7. The number of unbranched alkanes of at least 4 members (excludes halogenated alkanes) is 1. The molecule has 3 aromatic carbocycles. The zero-order valence-corrected chi connectivity index (χ0v) is 29.5. The van der Waals surface area contributed by atoms with Crippen LogP contribution in [0.2, 0.25) is 0 Å². The van der Waals surface area contributed by atoms with Crippen LogP contribution >= 0.6 is 11.8 Å². The minimum Gasteiger partial charge on any atom is -0.491 e. The number of hydrogen-bond donors (Lipinski definition) is 1. The number of amides is 1. The Morgan fingerprint density at radius 1 is 0.959 bits per heavy atom. The number of carbonyl (C=O) groups excluding carboxylic acids is 1. The minimum atomic E-state index is -0.0611. The molecule has 3 heterocycles. The van der Waals surface area contributed by atoms with Crippen LogP contribution in [0.25, 0.3) is 22.9 Å². The summed E-state index contributed by atoms with van der Waals surface area (Å²) < 4.78 is 13.6. The molecule has 0 bridgehead atoms. The number of hydrogen-bond acceptors (Lipinski definition) is 6. The van der Waals surface area contributed by atoms with Gasteiger partial charge in [-0.15, -0.1) is 11.8 Å². The number of imidazole rings is 1. The predicted molar refractivity (Wildman–Crippen MR) is 203 cm³/mol. The number of fused-ring (bicyclic) bond motifs is 2. The third-order valence-electron chi connectivity index (χ3n) is 8.55. The van der Waals surface area contributed by atoms with E-state index in [0.717, 1.165) is 93.9 Å². The van der Waals surface area contributed by atoms with Crippen molar-refractivity contribution in [2.24, 2.45) is 5.92 Å². The summed E-state index contributed by atoms with van der Waals surface area (Å²) in [7, 11) is 0. The zero-order valence-electron chi connectivity index (χ0n) is 28.7. The van der Waals surface area contributed by atoms with Gasteiger partial charge in [0.1, 0.15) is 18.0 Å². The average Bonchev–Trinajstić information content (AvgIpc) is 3.44. The highest BCUT2D eigenvalue weighted by atomic mass is 32.2. The molecule has 0 aliphatic carbocycles. The second-order valence-corrected chi connectivity index (χ2v) is 13.9. The third-order valence-corrected chi connectivity index (χ3v) is 9.59. The third kappa shape index (κ3) is 9.13. The summed E-state index contributed by atoms with van der Waals surface area (Å²) in [6.45, 7) is 10.3. The van der Waals surface area contributed by atoms with E-state index in [-0.39, 0.29) is 5.91 Å². The van der Waals surface area contributed by atoms with Crippen molar-refractivity contribution in [1.29, 1.82) is 0 Å². The molecule has 7 nitrogen and oxygen atoms in total. The summed E-state index contributed by atoms with van der Waals surface area (Å²) in [4.78, 5) is 21.7. The van der Waals surface area contributed by atoms with Crippen molar-refractivity contribution in [2.45, 2.75) is 50.7 Å². The van der Waals surface area contributed by atoms with Gasteiger partial charge in [0.05, 0.1) is 18.5 Å². The number of aromatic nitrogens is 2. The summed E-state index contributed by atoms with van der Waals surface area (Å²) >= 11 is 1.75. The number of pyridine rings is 1. The lowest BCUT2D eigenvalue weighted by atomic mass is 10.00. The van der Waals surface area contributed by atoms with E-state index in [1.807, 2.05) is 54.9 Å². The fourth-order valence-electron chi connectivity index (χ4n) is 5.99. The summed E-state index contributed by atoms with van der Waals surface area (Å²) in [5, 5.41) is 3.16. The molecule has 1 amide bonds. The van der Waals surface area contributed by atoms with Crippen LogP contribution < -0.4 is 15.0 Å². The Bertz CT molecular complexity index is 1860. The molecule has 49 heavy (non-hydrogen) atoms. The van der Waals surface area contributed by atoms with Gasteiger partial charge in [-0.3, -0.25) is 4.79 Å². The van der Waals surface area contributed by atoms with Crippen LogP contribution in [-0.4, -0.2) is 48.2 Å². The Morgan fingerprint density at radius 2 is 1.78 bits per heavy atom. The van der Waals surface area contributed by atoms with Gasteiger partial charge in [0.25, 0.3) is 5.91 Å². The molecule has 1 aliphatic rings. The van der Waals surface area contributed by atoms with Crippen LogP contribution in [0.4, 0.5) is 11.4 Å². The summed E-state index contributed by atoms with van der Waals surface area (Å²) in [6.07, 6.45) is 8.92. The fourth-order valence-corrected chi connectivity index (χ4v) is 6.85. The number of rotatable bonds is 15. The van der Waals surface area contributed by atoms with E-state index in [4.69, 9.17) is 9.47 Å². The van der Waals surface area contributed by atoms with Crippen LogP contribution in [-0.2, 0) is 15.3 Å². The van der Waals surface area contributed by atoms with Gasteiger partial charge in [-0.25, -0.2) is 4.98 Å². The summed E-state index contributed by atoms with van der Waals surface area (Å²) in [6, 6.07) is 28.9. The molecule has 0 fully saturated rings. The van der Waals surface area contributed by atoms with E-state index in [0.29, 0.717) is 25.6 Å². The first kappa shape index (κ1) is 34.3. The highest BCUT2D eigenvalue weighted by molar-refractivity contribution is 7.98. The SMILES string of the molecule is CCCCOCCOc1ccc(-c2ccc3c(c2)C=C(C(=O)Nc2ccc(SCc4cnc5ccccn45)cc2)CCN3CC(C)C)cc1. The molecular formula is C41H46N4O3S. The van der Waals surface area contributed by atoms with Crippen molar-refractivity contribution in [2.75, 3.05) is 43.1 Å². The molecule has 1 aliphatic heterocycles. The summed E-state index contributed by atoms with van der Waals surface area (Å²) in [5.74, 6) is 2.08. The minimum absolute atomic E-state index is 0.0611. The number of nitrogens with one attached hydrogen (secondary N) is 1. The maximum atomic E-state index is 13.7. The van der Waals surface area contributed by atoms with Gasteiger partial charge in [-0.1, -0.05) is 51.5 Å². The van der Waals surface area contributed by atoms with E-state index in [9.17, 15) is 4.79 Å². The first-order valence-electron chi connectivity index (χ1n) is 17.3. The number of anilines is 2. The Labute approximate surface area is 294 Å². The number of carbonyl (C=O) groups is 1. The lowest BCUT2D eigenvalue weighted by Crippen LogP contribution is -2.29. The van der Waals surface area contributed by atoms with Gasteiger partial charge in [-0.2, -0.15) is 0 Å². The Balaban J connectivity index is 1.12. The highest BCUT2D eigenvalue weighted by Gasteiger charge is 2.21. The van der Waals surface area contributed by atoms with Crippen molar-refractivity contribution in [3.8, 4) is 16.9 Å². The van der Waals surface area contributed by atoms with Crippen molar-refractivity contribution in [3.63, 3.8) is 0 Å². The predicted octanol–water partition coefficient (Wildman–Crippen LogP) is 9.38. The topological polar surface area (TPSA) is 68.1 Å². The van der Waals surface area contributed by atoms with Crippen molar-refractivity contribution < 1.29 is 14.3 Å². The normalized spacial score (nSPS) is 12.9. The van der Waals surface area contributed by atoms with Crippen LogP contribution in [0.3, 0.4) is 0 Å². The maximum Gasteiger partial charge on any atom is 0.251 e. The zero-order chi connectivity index (χ0) is 34.0. The number of thioether (sulfide) groups is 1. The van der Waals surface area contributed by atoms with Gasteiger partial charge in [0.15, 0.2) is 0 Å². The van der Waals surface area contributed by atoms with Gasteiger partial charge in [0, 0.05) is 53.5 Å². The molecule has 0 spiro atoms. The van der Waals surface area contributed by atoms with E-state index >= 15 is 0 Å². The van der Waals surface area contributed by atoms with Crippen molar-refractivity contribution in [1.82, 2.24) is 9.38 Å². The molecule has 0 unspecified atom stereocenters. The molecular weight excluding hydrogens is 629 g/mol. The molecule has 6 rings (SSSR count). The van der Waals surface area contributed by atoms with Gasteiger partial charge < -0.3 is 24.1 Å². The van der Waals surface area contributed by atoms with E-state index < -0.39 is 0 Å². The largest absolute Gasteiger partial charge is 0.491 e. The van der Waals surface area contributed by atoms with E-state index in [2.05, 4.69) is 88.9 Å². The smallest absolute Gasteiger partial charge is 0.251 e. The maximum absolute atomic E-state index is 13.7. The lowest BCUT2D eigenvalue weighted by Gasteiger charge is -2.27. The molecule has 8 heteroatoms. The Morgan fingerprint density at radius 3 is 2.57 bits per heavy atom. The molecule has 0 saturated heterocycles. The quantitative estimate of drug-likeness (QED) is 0.0882. The molecule has 1 N–H and O–H groups in total. The van der Waals surface area contributed by atoms with Crippen LogP contribution in [0, 0.1) is 5.92 Å². The molecule has 0 saturated carbocycles. The van der Waals surface area contributed by atoms with Crippen molar-refractivity contribution >= 4 is 40.8 Å². The highest BCUT2D eigenvalue weighted by Crippen LogP contribution is 2.34. The standard InChI is InChI=1S/C41H46N4O3S/c1-4-5-22-47-23-24-48-37-14-9-31(10-15-37)32-11-18-39-34(25-32)26-33(19-21-44(39)28-30(2)3)41(46)43-35-12-16-38(17-13-35)49-29-36-27-42-40-8-6-7-20-45(36)40/h6-18,20,25-27,30H,4-5,19,21-24,28-29H2,1-3H3,(H,43,46). The monoisotopic (exact) mass is 674 g/mol. The fraction of sp³-hybridized carbons (Fsp3) is 0.317. The molecule has 5 aromatic rings. The molecule has 254 valence electrons. The van der Waals surface area contributed by atoms with Gasteiger partial charge >= 0.3 is 0 Å². The number of benzene rings is 3. The van der Waals surface area contributed by atoms with E-state index in [1.54, 1.807) is 11.8 Å². The van der Waals surface area contributed by atoms with E-state index in [1.165, 1.54) is 0 Å². The average molecular weight is 675 g/mol. The van der Waals surface area contributed by atoms with Crippen molar-refractivity contribution in [3.05, 3.63) is 114 Å². The van der Waals surface area contributed by atoms with Crippen LogP contribution in [0.1, 0.15) is 51.3 Å². The van der Waals surface area contributed by atoms with Gasteiger partial charge in [0.2, 0.25) is 0 Å². The second-order valence-electron chi connectivity index (χ2n) is 12.8. The Hall–Kier alpha value is -4.53. The first-order valence-corrected chi connectivity index (χ1v) is 18.3. The lowest BCUT2D eigenvalue weighted by molar-refractivity contribution is -0.112. The molecule has 0 radical (unpaired) electrons. The molecule has 0 atom stereocenters. The first-order chi connectivity index (χ1) is 24.0. The second kappa shape index (κ2) is 16.7. The summed E-state index contributed by atoms with van der Waals surface area (Å²) in [5.41, 5.74) is 8.10. The van der Waals surface area contributed by atoms with Crippen LogP contribution in [0.15, 0.2) is 108 Å². The van der Waals surface area contributed by atoms with Gasteiger partial charge in [-0.05, 0) is 102 Å². The van der Waals surface area contributed by atoms with Crippen LogP contribution in [0.5, 0.6) is 5.75 Å².